The van der Waals surface area contributed by atoms with Gasteiger partial charge in [-0.2, -0.15) is 4.73 Å². The van der Waals surface area contributed by atoms with E-state index in [2.05, 4.69) is 15.9 Å². The lowest BCUT2D eigenvalue weighted by Gasteiger charge is -2.07. The fourth-order valence-electron chi connectivity index (χ4n) is 2.09. The van der Waals surface area contributed by atoms with Gasteiger partial charge in [-0.25, -0.2) is 4.39 Å². The van der Waals surface area contributed by atoms with Crippen molar-refractivity contribution in [3.05, 3.63) is 33.7 Å². The molecule has 0 amide bonds. The van der Waals surface area contributed by atoms with Crippen LogP contribution in [0.4, 0.5) is 4.39 Å². The Hall–Kier alpha value is -1.60. The zero-order valence-electron chi connectivity index (χ0n) is 10.0. The number of aromatic nitrogens is 1. The van der Waals surface area contributed by atoms with Gasteiger partial charge in [0.05, 0.1) is 9.99 Å². The minimum absolute atomic E-state index is 0.000880. The Morgan fingerprint density at radius 2 is 2.26 bits per heavy atom. The summed E-state index contributed by atoms with van der Waals surface area (Å²) in [5.41, 5.74) is 6.93. The second-order valence-corrected chi connectivity index (χ2v) is 5.15. The van der Waals surface area contributed by atoms with Crippen molar-refractivity contribution in [3.63, 3.8) is 0 Å². The fraction of sp³-hybridized carbons (Fsp3) is 0.250. The van der Waals surface area contributed by atoms with Crippen molar-refractivity contribution in [1.29, 1.82) is 0 Å². The Bertz CT molecular complexity index is 669. The molecule has 2 rings (SSSR count). The maximum absolute atomic E-state index is 13.7. The molecular formula is C12H12BrFN2O3. The van der Waals surface area contributed by atoms with E-state index in [0.29, 0.717) is 22.0 Å². The van der Waals surface area contributed by atoms with Gasteiger partial charge in [-0.1, -0.05) is 0 Å². The molecule has 4 N–H and O–H groups in total. The summed E-state index contributed by atoms with van der Waals surface area (Å²) in [5.74, 6) is -1.62. The predicted octanol–water partition coefficient (Wildman–Crippen LogP) is 2.04. The van der Waals surface area contributed by atoms with Gasteiger partial charge in [0.1, 0.15) is 11.9 Å². The largest absolute Gasteiger partial charge is 0.480 e. The maximum Gasteiger partial charge on any atom is 0.320 e. The van der Waals surface area contributed by atoms with Crippen LogP contribution < -0.4 is 5.73 Å². The third-order valence-corrected chi connectivity index (χ3v) is 3.74. The molecule has 1 atom stereocenters. The number of benzene rings is 1. The van der Waals surface area contributed by atoms with Crippen LogP contribution in [0, 0.1) is 12.7 Å². The standard InChI is InChI=1S/C12H12BrFN2O3/c1-5-2-7(14)10(13)9-6(3-8(15)12(17)18)4-16(19)11(5)9/h2,4,8,19H,3,15H2,1H3,(H,17,18). The average molecular weight is 331 g/mol. The van der Waals surface area contributed by atoms with Crippen LogP contribution in [0.25, 0.3) is 10.9 Å². The van der Waals surface area contributed by atoms with Crippen LogP contribution in [-0.2, 0) is 11.2 Å². The van der Waals surface area contributed by atoms with E-state index in [9.17, 15) is 14.4 Å². The Labute approximate surface area is 116 Å². The van der Waals surface area contributed by atoms with Gasteiger partial charge < -0.3 is 16.0 Å². The minimum atomic E-state index is -1.15. The van der Waals surface area contributed by atoms with E-state index in [1.807, 2.05) is 0 Å². The number of carbonyl (C=O) groups is 1. The van der Waals surface area contributed by atoms with Gasteiger partial charge in [-0.3, -0.25) is 4.79 Å². The topological polar surface area (TPSA) is 88.5 Å². The SMILES string of the molecule is Cc1cc(F)c(Br)c2c(CC(N)C(=O)O)cn(O)c12. The highest BCUT2D eigenvalue weighted by Gasteiger charge is 2.20. The minimum Gasteiger partial charge on any atom is -0.480 e. The molecule has 5 nitrogen and oxygen atoms in total. The second kappa shape index (κ2) is 4.82. The average Bonchev–Trinajstić information content (AvgIpc) is 2.63. The van der Waals surface area contributed by atoms with Crippen molar-refractivity contribution in [2.24, 2.45) is 5.73 Å². The lowest BCUT2D eigenvalue weighted by Crippen LogP contribution is -2.32. The first-order chi connectivity index (χ1) is 8.82. The van der Waals surface area contributed by atoms with Crippen LogP contribution in [0.1, 0.15) is 11.1 Å². The lowest BCUT2D eigenvalue weighted by molar-refractivity contribution is -0.138. The molecule has 0 saturated heterocycles. The molecule has 0 fully saturated rings. The Morgan fingerprint density at radius 1 is 1.63 bits per heavy atom. The molecule has 102 valence electrons. The van der Waals surface area contributed by atoms with Crippen LogP contribution in [0.15, 0.2) is 16.7 Å². The predicted molar refractivity (Wildman–Crippen MR) is 70.8 cm³/mol. The van der Waals surface area contributed by atoms with Crippen LogP contribution in [0.2, 0.25) is 0 Å². The van der Waals surface area contributed by atoms with Crippen LogP contribution in [0.5, 0.6) is 0 Å². The fourth-order valence-corrected chi connectivity index (χ4v) is 2.64. The van der Waals surface area contributed by atoms with Crippen molar-refractivity contribution in [1.82, 2.24) is 4.73 Å². The van der Waals surface area contributed by atoms with Crippen molar-refractivity contribution in [2.45, 2.75) is 19.4 Å². The molecule has 0 saturated carbocycles. The first-order valence-corrected chi connectivity index (χ1v) is 6.28. The molecule has 7 heteroatoms. The van der Waals surface area contributed by atoms with E-state index in [1.165, 1.54) is 12.3 Å². The molecule has 19 heavy (non-hydrogen) atoms. The molecule has 0 spiro atoms. The quantitative estimate of drug-likeness (QED) is 0.751. The van der Waals surface area contributed by atoms with E-state index in [-0.39, 0.29) is 10.9 Å². The highest BCUT2D eigenvalue weighted by Crippen LogP contribution is 2.33. The van der Waals surface area contributed by atoms with Gasteiger partial charge in [-0.15, -0.1) is 0 Å². The summed E-state index contributed by atoms with van der Waals surface area (Å²) >= 11 is 3.12. The van der Waals surface area contributed by atoms with E-state index in [4.69, 9.17) is 10.8 Å². The highest BCUT2D eigenvalue weighted by molar-refractivity contribution is 9.10. The molecule has 1 aromatic carbocycles. The zero-order valence-corrected chi connectivity index (χ0v) is 11.6. The number of halogens is 2. The third-order valence-electron chi connectivity index (χ3n) is 2.97. The normalized spacial score (nSPS) is 12.8. The molecule has 1 unspecified atom stereocenters. The molecule has 1 heterocycles. The summed E-state index contributed by atoms with van der Waals surface area (Å²) in [5, 5.41) is 19.1. The number of carboxylic acid groups (broad SMARTS) is 1. The summed E-state index contributed by atoms with van der Waals surface area (Å²) in [6.07, 6.45) is 1.35. The number of aliphatic carboxylic acids is 1. The third kappa shape index (κ3) is 2.31. The number of hydrogen-bond donors (Lipinski definition) is 3. The van der Waals surface area contributed by atoms with Gasteiger partial charge in [0.15, 0.2) is 0 Å². The van der Waals surface area contributed by atoms with Crippen molar-refractivity contribution in [2.75, 3.05) is 0 Å². The van der Waals surface area contributed by atoms with Crippen LogP contribution in [0.3, 0.4) is 0 Å². The molecule has 0 aliphatic heterocycles. The summed E-state index contributed by atoms with van der Waals surface area (Å²) in [7, 11) is 0. The number of hydrogen-bond acceptors (Lipinski definition) is 3. The van der Waals surface area contributed by atoms with Gasteiger partial charge in [-0.05, 0) is 40.0 Å². The second-order valence-electron chi connectivity index (χ2n) is 4.36. The Morgan fingerprint density at radius 3 is 2.84 bits per heavy atom. The highest BCUT2D eigenvalue weighted by atomic mass is 79.9. The van der Waals surface area contributed by atoms with Crippen LogP contribution in [-0.4, -0.2) is 27.1 Å². The van der Waals surface area contributed by atoms with Gasteiger partial charge in [0.2, 0.25) is 0 Å². The lowest BCUT2D eigenvalue weighted by atomic mass is 10.0. The van der Waals surface area contributed by atoms with Crippen molar-refractivity contribution >= 4 is 32.8 Å². The number of aryl methyl sites for hydroxylation is 1. The van der Waals surface area contributed by atoms with Gasteiger partial charge >= 0.3 is 5.97 Å². The molecule has 0 aliphatic carbocycles. The maximum atomic E-state index is 13.7. The summed E-state index contributed by atoms with van der Waals surface area (Å²) in [6.45, 7) is 1.66. The molecule has 2 aromatic rings. The van der Waals surface area contributed by atoms with Crippen LogP contribution >= 0.6 is 15.9 Å². The first kappa shape index (κ1) is 13.8. The summed E-state index contributed by atoms with van der Waals surface area (Å²) in [6, 6.07) is 0.182. The van der Waals surface area contributed by atoms with Gasteiger partial charge in [0, 0.05) is 18.0 Å². The van der Waals surface area contributed by atoms with E-state index in [1.54, 1.807) is 6.92 Å². The number of fused-ring (bicyclic) bond motifs is 1. The molecular weight excluding hydrogens is 319 g/mol. The Balaban J connectivity index is 2.66. The number of nitrogens with two attached hydrogens (primary N) is 1. The smallest absolute Gasteiger partial charge is 0.320 e. The molecule has 0 bridgehead atoms. The number of rotatable bonds is 3. The van der Waals surface area contributed by atoms with Gasteiger partial charge in [0.25, 0.3) is 0 Å². The number of carboxylic acids is 1. The molecule has 1 aromatic heterocycles. The van der Waals surface area contributed by atoms with E-state index in [0.717, 1.165) is 4.73 Å². The van der Waals surface area contributed by atoms with Crippen molar-refractivity contribution < 1.29 is 19.5 Å². The Kier molecular flexibility index (Phi) is 3.51. The molecule has 0 radical (unpaired) electrons. The first-order valence-electron chi connectivity index (χ1n) is 5.49. The summed E-state index contributed by atoms with van der Waals surface area (Å²) in [4.78, 5) is 10.8. The molecule has 0 aliphatic rings. The monoisotopic (exact) mass is 330 g/mol. The summed E-state index contributed by atoms with van der Waals surface area (Å²) < 4.78 is 14.8. The number of nitrogens with zero attached hydrogens (tertiary/aromatic N) is 1. The van der Waals surface area contributed by atoms with E-state index < -0.39 is 17.8 Å². The van der Waals surface area contributed by atoms with Crippen molar-refractivity contribution in [3.8, 4) is 0 Å². The van der Waals surface area contributed by atoms with E-state index >= 15 is 0 Å². The zero-order chi connectivity index (χ0) is 14.3.